The van der Waals surface area contributed by atoms with Crippen molar-refractivity contribution in [2.45, 2.75) is 0 Å². The van der Waals surface area contributed by atoms with E-state index in [0.29, 0.717) is 5.82 Å². The van der Waals surface area contributed by atoms with Gasteiger partial charge in [-0.3, -0.25) is 0 Å². The van der Waals surface area contributed by atoms with Gasteiger partial charge in [0, 0.05) is 0 Å². The summed E-state index contributed by atoms with van der Waals surface area (Å²) in [5.74, 6) is 0.384. The van der Waals surface area contributed by atoms with Gasteiger partial charge < -0.3 is 5.11 Å². The minimum absolute atomic E-state index is 0.0856. The number of hydrogen-bond acceptors (Lipinski definition) is 4. The van der Waals surface area contributed by atoms with Gasteiger partial charge in [0.25, 0.3) is 0 Å². The normalized spacial score (nSPS) is 8.89. The number of nitrogens with one attached hydrogen (secondary N) is 1. The van der Waals surface area contributed by atoms with Crippen molar-refractivity contribution in [3.05, 3.63) is 18.3 Å². The van der Waals surface area contributed by atoms with E-state index < -0.39 is 0 Å². The molecular weight excluding hydrogens is 118 g/mol. The molecule has 0 radical (unpaired) electrons. The van der Waals surface area contributed by atoms with Crippen LogP contribution >= 0.6 is 0 Å². The number of hydrogen-bond donors (Lipinski definition) is 2. The maximum Gasteiger partial charge on any atom is 0.173 e. The molecule has 0 aromatic carbocycles. The second-order valence-corrected chi connectivity index (χ2v) is 1.49. The standard InChI is InChI=1S/C5H5N3O/c6-8-5-2-1-4(9)3-7-5/h1-3,6,9H. The van der Waals surface area contributed by atoms with E-state index in [2.05, 4.69) is 10.1 Å². The van der Waals surface area contributed by atoms with Crippen molar-refractivity contribution in [1.29, 1.82) is 5.53 Å². The van der Waals surface area contributed by atoms with Crippen LogP contribution in [0.25, 0.3) is 0 Å². The zero-order valence-corrected chi connectivity index (χ0v) is 4.57. The molecule has 0 amide bonds. The van der Waals surface area contributed by atoms with Crippen LogP contribution in [0.3, 0.4) is 0 Å². The Labute approximate surface area is 51.7 Å². The van der Waals surface area contributed by atoms with Gasteiger partial charge in [-0.15, -0.1) is 5.11 Å². The summed E-state index contributed by atoms with van der Waals surface area (Å²) in [6.07, 6.45) is 1.24. The monoisotopic (exact) mass is 123 g/mol. The Morgan fingerprint density at radius 3 is 2.78 bits per heavy atom. The Balaban J connectivity index is 3.01. The first-order valence-corrected chi connectivity index (χ1v) is 2.35. The molecule has 46 valence electrons. The van der Waals surface area contributed by atoms with E-state index in [1.54, 1.807) is 0 Å². The smallest absolute Gasteiger partial charge is 0.173 e. The van der Waals surface area contributed by atoms with E-state index in [1.807, 2.05) is 0 Å². The summed E-state index contributed by atoms with van der Waals surface area (Å²) < 4.78 is 0. The molecule has 2 N–H and O–H groups in total. The molecule has 1 heterocycles. The van der Waals surface area contributed by atoms with Gasteiger partial charge in [0.1, 0.15) is 5.75 Å². The number of aromatic hydroxyl groups is 1. The predicted molar refractivity (Wildman–Crippen MR) is 30.7 cm³/mol. The first kappa shape index (κ1) is 5.68. The van der Waals surface area contributed by atoms with E-state index in [0.717, 1.165) is 0 Å². The number of pyridine rings is 1. The quantitative estimate of drug-likeness (QED) is 0.555. The van der Waals surface area contributed by atoms with Gasteiger partial charge >= 0.3 is 0 Å². The summed E-state index contributed by atoms with van der Waals surface area (Å²) in [7, 11) is 0. The maximum absolute atomic E-state index is 8.69. The highest BCUT2D eigenvalue weighted by Crippen LogP contribution is 2.10. The van der Waals surface area contributed by atoms with Crippen LogP contribution in [-0.2, 0) is 0 Å². The van der Waals surface area contributed by atoms with Crippen LogP contribution in [0.2, 0.25) is 0 Å². The van der Waals surface area contributed by atoms with Gasteiger partial charge in [-0.25, -0.2) is 10.5 Å². The molecule has 0 aliphatic heterocycles. The van der Waals surface area contributed by atoms with E-state index >= 15 is 0 Å². The Bertz CT molecular complexity index is 206. The van der Waals surface area contributed by atoms with Crippen LogP contribution < -0.4 is 0 Å². The summed E-state index contributed by atoms with van der Waals surface area (Å²) in [5, 5.41) is 11.7. The molecule has 1 aromatic heterocycles. The van der Waals surface area contributed by atoms with Crippen LogP contribution in [0.4, 0.5) is 5.82 Å². The third kappa shape index (κ3) is 1.22. The highest BCUT2D eigenvalue weighted by molar-refractivity contribution is 5.29. The summed E-state index contributed by atoms with van der Waals surface area (Å²) in [5.41, 5.74) is 6.50. The van der Waals surface area contributed by atoms with Crippen molar-refractivity contribution in [1.82, 2.24) is 4.98 Å². The van der Waals surface area contributed by atoms with E-state index in [1.165, 1.54) is 18.3 Å². The van der Waals surface area contributed by atoms with Crippen LogP contribution in [0.5, 0.6) is 5.75 Å². The van der Waals surface area contributed by atoms with E-state index in [-0.39, 0.29) is 5.75 Å². The first-order valence-electron chi connectivity index (χ1n) is 2.35. The summed E-state index contributed by atoms with van der Waals surface area (Å²) in [6, 6.07) is 2.89. The van der Waals surface area contributed by atoms with Crippen molar-refractivity contribution < 1.29 is 5.11 Å². The molecular formula is C5H5N3O. The van der Waals surface area contributed by atoms with Gasteiger partial charge in [-0.05, 0) is 12.1 Å². The third-order valence-electron chi connectivity index (χ3n) is 0.847. The van der Waals surface area contributed by atoms with Crippen molar-refractivity contribution in [2.75, 3.05) is 0 Å². The van der Waals surface area contributed by atoms with E-state index in [9.17, 15) is 0 Å². The first-order chi connectivity index (χ1) is 4.33. The van der Waals surface area contributed by atoms with Crippen LogP contribution in [0, 0.1) is 5.53 Å². The predicted octanol–water partition coefficient (Wildman–Crippen LogP) is 1.45. The maximum atomic E-state index is 8.69. The third-order valence-corrected chi connectivity index (χ3v) is 0.847. The molecule has 9 heavy (non-hydrogen) atoms. The Morgan fingerprint density at radius 2 is 2.33 bits per heavy atom. The minimum atomic E-state index is 0.0856. The second kappa shape index (κ2) is 2.21. The SMILES string of the molecule is N=Nc1ccc(O)cn1. The van der Waals surface area contributed by atoms with Gasteiger partial charge in [0.05, 0.1) is 6.20 Å². The largest absolute Gasteiger partial charge is 0.506 e. The average Bonchev–Trinajstić information content (AvgIpc) is 1.90. The zero-order chi connectivity index (χ0) is 6.69. The molecule has 0 saturated heterocycles. The van der Waals surface area contributed by atoms with Crippen molar-refractivity contribution >= 4 is 5.82 Å². The molecule has 0 saturated carbocycles. The summed E-state index contributed by atoms with van der Waals surface area (Å²) in [6.45, 7) is 0. The Hall–Kier alpha value is -1.45. The lowest BCUT2D eigenvalue weighted by atomic mass is 10.4. The number of aromatic nitrogens is 1. The van der Waals surface area contributed by atoms with Gasteiger partial charge in [0.15, 0.2) is 5.82 Å². The molecule has 0 atom stereocenters. The van der Waals surface area contributed by atoms with Gasteiger partial charge in [-0.2, -0.15) is 0 Å². The van der Waals surface area contributed by atoms with Gasteiger partial charge in [0.2, 0.25) is 0 Å². The van der Waals surface area contributed by atoms with Crippen LogP contribution in [-0.4, -0.2) is 10.1 Å². The zero-order valence-electron chi connectivity index (χ0n) is 4.57. The lowest BCUT2D eigenvalue weighted by molar-refractivity contribution is 0.473. The fourth-order valence-corrected chi connectivity index (χ4v) is 0.444. The number of rotatable bonds is 1. The molecule has 0 aliphatic rings. The molecule has 1 rings (SSSR count). The minimum Gasteiger partial charge on any atom is -0.506 e. The lowest BCUT2D eigenvalue weighted by Gasteiger charge is -1.88. The Morgan fingerprint density at radius 1 is 1.56 bits per heavy atom. The molecule has 0 unspecified atom stereocenters. The highest BCUT2D eigenvalue weighted by atomic mass is 16.3. The van der Waals surface area contributed by atoms with Crippen molar-refractivity contribution in [3.63, 3.8) is 0 Å². The lowest BCUT2D eigenvalue weighted by Crippen LogP contribution is -1.69. The molecule has 4 nitrogen and oxygen atoms in total. The summed E-state index contributed by atoms with van der Waals surface area (Å²) >= 11 is 0. The number of nitrogens with zero attached hydrogens (tertiary/aromatic N) is 2. The fraction of sp³-hybridized carbons (Fsp3) is 0. The molecule has 4 heteroatoms. The second-order valence-electron chi connectivity index (χ2n) is 1.49. The fourth-order valence-electron chi connectivity index (χ4n) is 0.444. The molecule has 0 fully saturated rings. The van der Waals surface area contributed by atoms with Crippen molar-refractivity contribution in [3.8, 4) is 5.75 Å². The molecule has 0 bridgehead atoms. The summed E-state index contributed by atoms with van der Waals surface area (Å²) in [4.78, 5) is 3.59. The topological polar surface area (TPSA) is 69.3 Å². The van der Waals surface area contributed by atoms with E-state index in [4.69, 9.17) is 10.6 Å². The van der Waals surface area contributed by atoms with Crippen LogP contribution in [0.1, 0.15) is 0 Å². The average molecular weight is 123 g/mol. The molecule has 0 aliphatic carbocycles. The van der Waals surface area contributed by atoms with Gasteiger partial charge in [-0.1, -0.05) is 0 Å². The Kier molecular flexibility index (Phi) is 1.40. The molecule has 1 aromatic rings. The highest BCUT2D eigenvalue weighted by Gasteiger charge is 1.87. The van der Waals surface area contributed by atoms with Crippen molar-refractivity contribution in [2.24, 2.45) is 5.11 Å². The van der Waals surface area contributed by atoms with Crippen LogP contribution in [0.15, 0.2) is 23.4 Å². The molecule has 0 spiro atoms.